The van der Waals surface area contributed by atoms with Crippen molar-refractivity contribution in [1.82, 2.24) is 0 Å². The van der Waals surface area contributed by atoms with Gasteiger partial charge in [-0.25, -0.2) is 0 Å². The molecule has 0 amide bonds. The van der Waals surface area contributed by atoms with Crippen LogP contribution in [0.2, 0.25) is 0 Å². The van der Waals surface area contributed by atoms with Crippen molar-refractivity contribution in [3.8, 4) is 0 Å². The standard InChI is InChI=1S/C19H29BO2/c1-16(2)12-19(7,13-16)14-8-10-15(11-9-14)20-21-17(3,4)18(5,6)22-20/h8-11H,12-13H2,1-7H3. The number of hydrogen-bond acceptors (Lipinski definition) is 2. The number of benzene rings is 1. The lowest BCUT2D eigenvalue weighted by atomic mass is 9.53. The van der Waals surface area contributed by atoms with Gasteiger partial charge in [-0.15, -0.1) is 0 Å². The molecule has 2 aliphatic rings. The lowest BCUT2D eigenvalue weighted by Crippen LogP contribution is -2.44. The molecule has 0 spiro atoms. The highest BCUT2D eigenvalue weighted by Gasteiger charge is 2.52. The molecule has 3 heteroatoms. The van der Waals surface area contributed by atoms with Crippen LogP contribution < -0.4 is 5.46 Å². The second-order valence-electron chi connectivity index (χ2n) is 9.29. The minimum absolute atomic E-state index is 0.260. The number of hydrogen-bond donors (Lipinski definition) is 0. The Hall–Kier alpha value is -0.795. The summed E-state index contributed by atoms with van der Waals surface area (Å²) in [5.41, 5.74) is 2.81. The first kappa shape index (κ1) is 16.1. The molecule has 0 N–H and O–H groups in total. The van der Waals surface area contributed by atoms with Gasteiger partial charge in [0, 0.05) is 0 Å². The lowest BCUT2D eigenvalue weighted by Gasteiger charge is -2.52. The van der Waals surface area contributed by atoms with E-state index in [9.17, 15) is 0 Å². The van der Waals surface area contributed by atoms with E-state index in [4.69, 9.17) is 9.31 Å². The monoisotopic (exact) mass is 300 g/mol. The van der Waals surface area contributed by atoms with Gasteiger partial charge in [-0.05, 0) is 62.4 Å². The zero-order valence-electron chi connectivity index (χ0n) is 15.1. The first-order valence-corrected chi connectivity index (χ1v) is 8.40. The van der Waals surface area contributed by atoms with Crippen molar-refractivity contribution in [2.45, 2.75) is 77.9 Å². The van der Waals surface area contributed by atoms with Crippen molar-refractivity contribution in [3.63, 3.8) is 0 Å². The van der Waals surface area contributed by atoms with Crippen LogP contribution in [0.5, 0.6) is 0 Å². The molecule has 120 valence electrons. The van der Waals surface area contributed by atoms with E-state index >= 15 is 0 Å². The molecule has 3 rings (SSSR count). The molecular weight excluding hydrogens is 271 g/mol. The van der Waals surface area contributed by atoms with Crippen LogP contribution in [0.1, 0.15) is 66.9 Å². The summed E-state index contributed by atoms with van der Waals surface area (Å²) in [6.07, 6.45) is 2.52. The highest BCUT2D eigenvalue weighted by molar-refractivity contribution is 6.62. The predicted molar refractivity (Wildman–Crippen MR) is 92.5 cm³/mol. The SMILES string of the molecule is CC1(C)CC(C)(c2ccc(B3OC(C)(C)C(C)(C)O3)cc2)C1. The zero-order chi connectivity index (χ0) is 16.4. The van der Waals surface area contributed by atoms with Gasteiger partial charge >= 0.3 is 7.12 Å². The van der Waals surface area contributed by atoms with Crippen LogP contribution in [0.3, 0.4) is 0 Å². The molecule has 0 bridgehead atoms. The van der Waals surface area contributed by atoms with Gasteiger partial charge in [0.1, 0.15) is 0 Å². The van der Waals surface area contributed by atoms with Crippen molar-refractivity contribution in [1.29, 1.82) is 0 Å². The summed E-state index contributed by atoms with van der Waals surface area (Å²) in [7, 11) is -0.260. The van der Waals surface area contributed by atoms with Crippen LogP contribution in [-0.4, -0.2) is 18.3 Å². The Morgan fingerprint density at radius 1 is 0.773 bits per heavy atom. The fourth-order valence-corrected chi connectivity index (χ4v) is 4.29. The molecule has 1 aliphatic carbocycles. The van der Waals surface area contributed by atoms with Gasteiger partial charge in [-0.2, -0.15) is 0 Å². The van der Waals surface area contributed by atoms with Crippen molar-refractivity contribution < 1.29 is 9.31 Å². The van der Waals surface area contributed by atoms with Crippen LogP contribution in [-0.2, 0) is 14.7 Å². The Labute approximate surface area is 135 Å². The maximum Gasteiger partial charge on any atom is 0.494 e. The van der Waals surface area contributed by atoms with Gasteiger partial charge in [0.05, 0.1) is 11.2 Å². The van der Waals surface area contributed by atoms with E-state index in [0.29, 0.717) is 10.8 Å². The average molecular weight is 300 g/mol. The molecule has 0 atom stereocenters. The predicted octanol–water partition coefficient (Wildman–Crippen LogP) is 4.06. The summed E-state index contributed by atoms with van der Waals surface area (Å²) in [5.74, 6) is 0. The third-order valence-corrected chi connectivity index (χ3v) is 5.87. The van der Waals surface area contributed by atoms with Crippen LogP contribution in [0, 0.1) is 5.41 Å². The van der Waals surface area contributed by atoms with E-state index in [1.54, 1.807) is 0 Å². The van der Waals surface area contributed by atoms with Gasteiger partial charge in [0.25, 0.3) is 0 Å². The molecular formula is C19H29BO2. The second-order valence-corrected chi connectivity index (χ2v) is 9.29. The van der Waals surface area contributed by atoms with Crippen LogP contribution in [0.25, 0.3) is 0 Å². The minimum Gasteiger partial charge on any atom is -0.399 e. The quantitative estimate of drug-likeness (QED) is 0.767. The van der Waals surface area contributed by atoms with E-state index < -0.39 is 0 Å². The molecule has 1 heterocycles. The van der Waals surface area contributed by atoms with E-state index in [-0.39, 0.29) is 18.3 Å². The topological polar surface area (TPSA) is 18.5 Å². The fraction of sp³-hybridized carbons (Fsp3) is 0.684. The Bertz CT molecular complexity index is 548. The Balaban J connectivity index is 1.76. The molecule has 2 fully saturated rings. The Morgan fingerprint density at radius 3 is 1.64 bits per heavy atom. The summed E-state index contributed by atoms with van der Waals surface area (Å²) in [6.45, 7) is 15.5. The minimum atomic E-state index is -0.277. The van der Waals surface area contributed by atoms with Gasteiger partial charge < -0.3 is 9.31 Å². The van der Waals surface area contributed by atoms with Crippen molar-refractivity contribution in [3.05, 3.63) is 29.8 Å². The molecule has 1 saturated carbocycles. The van der Waals surface area contributed by atoms with Crippen molar-refractivity contribution >= 4 is 12.6 Å². The highest BCUT2D eigenvalue weighted by Crippen LogP contribution is 2.54. The molecule has 2 nitrogen and oxygen atoms in total. The molecule has 1 aromatic rings. The number of rotatable bonds is 2. The highest BCUT2D eigenvalue weighted by atomic mass is 16.7. The average Bonchev–Trinajstić information content (AvgIpc) is 2.56. The molecule has 1 aliphatic heterocycles. The smallest absolute Gasteiger partial charge is 0.399 e. The third kappa shape index (κ3) is 2.53. The normalized spacial score (nSPS) is 27.5. The third-order valence-electron chi connectivity index (χ3n) is 5.87. The van der Waals surface area contributed by atoms with Gasteiger partial charge in [0.15, 0.2) is 0 Å². The summed E-state index contributed by atoms with van der Waals surface area (Å²) >= 11 is 0. The lowest BCUT2D eigenvalue weighted by molar-refractivity contribution is 0.00578. The van der Waals surface area contributed by atoms with Gasteiger partial charge in [-0.3, -0.25) is 0 Å². The summed E-state index contributed by atoms with van der Waals surface area (Å²) < 4.78 is 12.3. The molecule has 0 unspecified atom stereocenters. The van der Waals surface area contributed by atoms with Crippen LogP contribution in [0.4, 0.5) is 0 Å². The van der Waals surface area contributed by atoms with Crippen molar-refractivity contribution in [2.75, 3.05) is 0 Å². The van der Waals surface area contributed by atoms with E-state index in [0.717, 1.165) is 5.46 Å². The van der Waals surface area contributed by atoms with Crippen molar-refractivity contribution in [2.24, 2.45) is 5.41 Å². The molecule has 1 aromatic carbocycles. The second kappa shape index (κ2) is 4.61. The van der Waals surface area contributed by atoms with Crippen LogP contribution in [0.15, 0.2) is 24.3 Å². The first-order valence-electron chi connectivity index (χ1n) is 8.40. The van der Waals surface area contributed by atoms with Gasteiger partial charge in [-0.1, -0.05) is 45.0 Å². The summed E-state index contributed by atoms with van der Waals surface area (Å²) in [4.78, 5) is 0. The molecule has 0 aromatic heterocycles. The maximum absolute atomic E-state index is 6.13. The summed E-state index contributed by atoms with van der Waals surface area (Å²) in [5, 5.41) is 0. The van der Waals surface area contributed by atoms with E-state index in [2.05, 4.69) is 72.7 Å². The van der Waals surface area contributed by atoms with Crippen LogP contribution >= 0.6 is 0 Å². The Kier molecular flexibility index (Phi) is 3.37. The van der Waals surface area contributed by atoms with Gasteiger partial charge in [0.2, 0.25) is 0 Å². The summed E-state index contributed by atoms with van der Waals surface area (Å²) in [6, 6.07) is 8.87. The largest absolute Gasteiger partial charge is 0.494 e. The van der Waals surface area contributed by atoms with E-state index in [1.807, 2.05) is 0 Å². The molecule has 22 heavy (non-hydrogen) atoms. The Morgan fingerprint density at radius 2 is 1.23 bits per heavy atom. The molecule has 1 saturated heterocycles. The zero-order valence-corrected chi connectivity index (χ0v) is 15.1. The maximum atomic E-state index is 6.13. The molecule has 0 radical (unpaired) electrons. The first-order chi connectivity index (χ1) is 9.94. The van der Waals surface area contributed by atoms with E-state index in [1.165, 1.54) is 18.4 Å². The fourth-order valence-electron chi connectivity index (χ4n) is 4.29.